The van der Waals surface area contributed by atoms with Crippen LogP contribution < -0.4 is 11.2 Å². The first-order chi connectivity index (χ1) is 7.22. The summed E-state index contributed by atoms with van der Waals surface area (Å²) in [5, 5.41) is 0.640. The summed E-state index contributed by atoms with van der Waals surface area (Å²) < 4.78 is 5.33. The van der Waals surface area contributed by atoms with Crippen LogP contribution in [0.15, 0.2) is 33.7 Å². The van der Waals surface area contributed by atoms with Crippen molar-refractivity contribution < 1.29 is 4.42 Å². The molecule has 3 nitrogen and oxygen atoms in total. The molecule has 0 amide bonds. The number of hydrogen-bond donors (Lipinski definition) is 1. The molecule has 0 fully saturated rings. The van der Waals surface area contributed by atoms with Gasteiger partial charge in [0.1, 0.15) is 5.58 Å². The van der Waals surface area contributed by atoms with Crippen LogP contribution in [0.5, 0.6) is 0 Å². The van der Waals surface area contributed by atoms with Crippen molar-refractivity contribution in [1.82, 2.24) is 0 Å². The third-order valence-electron chi connectivity index (χ3n) is 2.44. The Morgan fingerprint density at radius 1 is 1.40 bits per heavy atom. The van der Waals surface area contributed by atoms with Crippen LogP contribution in [0.3, 0.4) is 0 Å². The average Bonchev–Trinajstić information content (AvgIpc) is 2.25. The summed E-state index contributed by atoms with van der Waals surface area (Å²) >= 11 is 0. The van der Waals surface area contributed by atoms with Crippen molar-refractivity contribution in [3.8, 4) is 0 Å². The Morgan fingerprint density at radius 3 is 2.93 bits per heavy atom. The second-order valence-corrected chi connectivity index (χ2v) is 3.62. The maximum absolute atomic E-state index is 11.8. The Labute approximate surface area is 87.5 Å². The van der Waals surface area contributed by atoms with Gasteiger partial charge in [0.05, 0.1) is 11.6 Å². The third-order valence-corrected chi connectivity index (χ3v) is 2.44. The zero-order chi connectivity index (χ0) is 10.8. The zero-order valence-corrected chi connectivity index (χ0v) is 8.62. The largest absolute Gasteiger partial charge is 0.464 e. The van der Waals surface area contributed by atoms with Gasteiger partial charge in [0, 0.05) is 5.56 Å². The average molecular weight is 203 g/mol. The molecule has 2 aromatic rings. The van der Waals surface area contributed by atoms with Gasteiger partial charge in [-0.05, 0) is 37.6 Å². The minimum Gasteiger partial charge on any atom is -0.464 e. The van der Waals surface area contributed by atoms with Crippen LogP contribution in [0.4, 0.5) is 0 Å². The third kappa shape index (κ3) is 1.78. The van der Waals surface area contributed by atoms with Gasteiger partial charge in [-0.1, -0.05) is 6.07 Å². The molecule has 2 N–H and O–H groups in total. The lowest BCUT2D eigenvalue weighted by molar-refractivity contribution is 0.597. The van der Waals surface area contributed by atoms with Gasteiger partial charge in [-0.3, -0.25) is 4.79 Å². The van der Waals surface area contributed by atoms with E-state index in [1.165, 1.54) is 6.26 Å². The lowest BCUT2D eigenvalue weighted by Gasteiger charge is -2.01. The summed E-state index contributed by atoms with van der Waals surface area (Å²) in [4.78, 5) is 11.8. The van der Waals surface area contributed by atoms with Crippen LogP contribution in [0.2, 0.25) is 0 Å². The Bertz CT molecular complexity index is 543. The molecule has 0 saturated heterocycles. The van der Waals surface area contributed by atoms with E-state index < -0.39 is 0 Å². The van der Waals surface area contributed by atoms with E-state index in [0.717, 1.165) is 12.0 Å². The van der Waals surface area contributed by atoms with E-state index in [2.05, 4.69) is 0 Å². The summed E-state index contributed by atoms with van der Waals surface area (Å²) in [5.74, 6) is 0. The number of nitrogens with two attached hydrogens (primary N) is 1. The van der Waals surface area contributed by atoms with Crippen molar-refractivity contribution in [2.24, 2.45) is 5.73 Å². The van der Waals surface area contributed by atoms with Crippen molar-refractivity contribution in [3.05, 3.63) is 45.8 Å². The summed E-state index contributed by atoms with van der Waals surface area (Å²) in [5.41, 5.74) is 7.84. The molecule has 0 unspecified atom stereocenters. The molecule has 0 radical (unpaired) electrons. The number of aryl methyl sites for hydroxylation is 1. The maximum atomic E-state index is 11.8. The molecule has 0 aliphatic heterocycles. The fraction of sp³-hybridized carbons (Fsp3) is 0.250. The van der Waals surface area contributed by atoms with Gasteiger partial charge in [-0.15, -0.1) is 0 Å². The molecule has 0 aliphatic rings. The van der Waals surface area contributed by atoms with E-state index in [1.807, 2.05) is 18.2 Å². The maximum Gasteiger partial charge on any atom is 0.195 e. The Balaban J connectivity index is 2.68. The second kappa shape index (κ2) is 3.87. The van der Waals surface area contributed by atoms with E-state index in [0.29, 0.717) is 23.1 Å². The zero-order valence-electron chi connectivity index (χ0n) is 8.62. The number of fused-ring (bicyclic) bond motifs is 1. The SMILES string of the molecule is Cc1coc2ccc(CCN)cc2c1=O. The smallest absolute Gasteiger partial charge is 0.195 e. The van der Waals surface area contributed by atoms with Crippen molar-refractivity contribution in [3.63, 3.8) is 0 Å². The second-order valence-electron chi connectivity index (χ2n) is 3.62. The van der Waals surface area contributed by atoms with Crippen molar-refractivity contribution in [2.45, 2.75) is 13.3 Å². The molecule has 2 rings (SSSR count). The lowest BCUT2D eigenvalue weighted by atomic mass is 10.1. The molecule has 1 aromatic heterocycles. The van der Waals surface area contributed by atoms with Crippen LogP contribution in [0.25, 0.3) is 11.0 Å². The molecule has 78 valence electrons. The standard InChI is InChI=1S/C12H13NO2/c1-8-7-15-11-3-2-9(4-5-13)6-10(11)12(8)14/h2-3,6-7H,4-5,13H2,1H3. The van der Waals surface area contributed by atoms with Crippen LogP contribution >= 0.6 is 0 Å². The molecule has 0 bridgehead atoms. The fourth-order valence-electron chi connectivity index (χ4n) is 1.60. The normalized spacial score (nSPS) is 10.8. The highest BCUT2D eigenvalue weighted by Crippen LogP contribution is 2.13. The molecule has 0 atom stereocenters. The van der Waals surface area contributed by atoms with Crippen molar-refractivity contribution >= 4 is 11.0 Å². The Hall–Kier alpha value is -1.61. The van der Waals surface area contributed by atoms with Crippen LogP contribution in [0, 0.1) is 6.92 Å². The Kier molecular flexibility index (Phi) is 2.56. The van der Waals surface area contributed by atoms with Gasteiger partial charge in [-0.2, -0.15) is 0 Å². The molecule has 1 aromatic carbocycles. The van der Waals surface area contributed by atoms with Gasteiger partial charge in [0.15, 0.2) is 5.43 Å². The minimum absolute atomic E-state index is 0.0371. The number of rotatable bonds is 2. The molecule has 3 heteroatoms. The van der Waals surface area contributed by atoms with E-state index >= 15 is 0 Å². The molecule has 0 saturated carbocycles. The molecule has 1 heterocycles. The fourth-order valence-corrected chi connectivity index (χ4v) is 1.60. The summed E-state index contributed by atoms with van der Waals surface area (Å²) in [7, 11) is 0. The monoisotopic (exact) mass is 203 g/mol. The number of benzene rings is 1. The van der Waals surface area contributed by atoms with Gasteiger partial charge >= 0.3 is 0 Å². The van der Waals surface area contributed by atoms with E-state index in [-0.39, 0.29) is 5.43 Å². The van der Waals surface area contributed by atoms with Crippen molar-refractivity contribution in [1.29, 1.82) is 0 Å². The minimum atomic E-state index is 0.0371. The highest BCUT2D eigenvalue weighted by atomic mass is 16.3. The van der Waals surface area contributed by atoms with Crippen LogP contribution in [-0.2, 0) is 6.42 Å². The Morgan fingerprint density at radius 2 is 2.20 bits per heavy atom. The molecular formula is C12H13NO2. The summed E-state index contributed by atoms with van der Waals surface area (Å²) in [6.07, 6.45) is 2.27. The predicted octanol–water partition coefficient (Wildman–Crippen LogP) is 1.60. The van der Waals surface area contributed by atoms with Gasteiger partial charge in [-0.25, -0.2) is 0 Å². The highest BCUT2D eigenvalue weighted by molar-refractivity contribution is 5.77. The summed E-state index contributed by atoms with van der Waals surface area (Å²) in [6.45, 7) is 2.34. The molecule has 0 spiro atoms. The molecule has 15 heavy (non-hydrogen) atoms. The predicted molar refractivity (Wildman–Crippen MR) is 60.0 cm³/mol. The van der Waals surface area contributed by atoms with Crippen LogP contribution in [-0.4, -0.2) is 6.54 Å². The first-order valence-electron chi connectivity index (χ1n) is 4.93. The number of hydrogen-bond acceptors (Lipinski definition) is 3. The van der Waals surface area contributed by atoms with Gasteiger partial charge in [0.25, 0.3) is 0 Å². The first-order valence-corrected chi connectivity index (χ1v) is 4.93. The van der Waals surface area contributed by atoms with Gasteiger partial charge < -0.3 is 10.2 Å². The quantitative estimate of drug-likeness (QED) is 0.806. The van der Waals surface area contributed by atoms with E-state index in [9.17, 15) is 4.79 Å². The van der Waals surface area contributed by atoms with Crippen LogP contribution in [0.1, 0.15) is 11.1 Å². The first kappa shape index (κ1) is 9.93. The van der Waals surface area contributed by atoms with Gasteiger partial charge in [0.2, 0.25) is 0 Å². The lowest BCUT2D eigenvalue weighted by Crippen LogP contribution is -2.06. The topological polar surface area (TPSA) is 56.2 Å². The highest BCUT2D eigenvalue weighted by Gasteiger charge is 2.04. The van der Waals surface area contributed by atoms with E-state index in [4.69, 9.17) is 10.2 Å². The van der Waals surface area contributed by atoms with E-state index in [1.54, 1.807) is 6.92 Å². The van der Waals surface area contributed by atoms with Crippen molar-refractivity contribution in [2.75, 3.05) is 6.54 Å². The molecule has 0 aliphatic carbocycles. The summed E-state index contributed by atoms with van der Waals surface area (Å²) in [6, 6.07) is 5.62. The molecular weight excluding hydrogens is 190 g/mol.